The van der Waals surface area contributed by atoms with Gasteiger partial charge in [0, 0.05) is 6.54 Å². The lowest BCUT2D eigenvalue weighted by molar-refractivity contribution is 0.606. The van der Waals surface area contributed by atoms with E-state index in [4.69, 9.17) is 5.73 Å². The number of rotatable bonds is 3. The molecule has 1 rings (SSSR count). The molecule has 0 aromatic carbocycles. The summed E-state index contributed by atoms with van der Waals surface area (Å²) < 4.78 is 1.94. The molecule has 72 valence electrons. The van der Waals surface area contributed by atoms with Crippen LogP contribution in [0.4, 0.5) is 5.69 Å². The Labute approximate surface area is 79.2 Å². The van der Waals surface area contributed by atoms with Crippen LogP contribution in [-0.2, 0) is 6.54 Å². The normalized spacial score (nSPS) is 10.1. The average Bonchev–Trinajstić information content (AvgIpc) is 2.35. The molecule has 13 heavy (non-hydrogen) atoms. The highest BCUT2D eigenvalue weighted by Crippen LogP contribution is 2.09. The van der Waals surface area contributed by atoms with Crippen molar-refractivity contribution in [3.05, 3.63) is 23.5 Å². The quantitative estimate of drug-likeness (QED) is 0.722. The first-order valence-corrected chi connectivity index (χ1v) is 4.52. The van der Waals surface area contributed by atoms with Crippen LogP contribution in [0.3, 0.4) is 0 Å². The lowest BCUT2D eigenvalue weighted by Gasteiger charge is -2.01. The number of aryl methyl sites for hydroxylation is 1. The van der Waals surface area contributed by atoms with E-state index in [1.165, 1.54) is 5.57 Å². The Balaban J connectivity index is 2.55. The van der Waals surface area contributed by atoms with E-state index >= 15 is 0 Å². The predicted octanol–water partition coefficient (Wildman–Crippen LogP) is 2.13. The summed E-state index contributed by atoms with van der Waals surface area (Å²) in [6.07, 6.45) is 4.93. The minimum Gasteiger partial charge on any atom is -0.396 e. The molecule has 0 unspecified atom stereocenters. The zero-order chi connectivity index (χ0) is 9.84. The monoisotopic (exact) mass is 179 g/mol. The summed E-state index contributed by atoms with van der Waals surface area (Å²) in [6.45, 7) is 7.10. The van der Waals surface area contributed by atoms with Gasteiger partial charge in [-0.3, -0.25) is 4.68 Å². The Hall–Kier alpha value is -1.25. The van der Waals surface area contributed by atoms with Crippen molar-refractivity contribution in [3.8, 4) is 0 Å². The molecule has 0 bridgehead atoms. The molecule has 0 aliphatic carbocycles. The van der Waals surface area contributed by atoms with Crippen molar-refractivity contribution in [2.75, 3.05) is 5.73 Å². The van der Waals surface area contributed by atoms with Crippen LogP contribution in [0.25, 0.3) is 0 Å². The Morgan fingerprint density at radius 3 is 2.77 bits per heavy atom. The van der Waals surface area contributed by atoms with Crippen molar-refractivity contribution >= 4 is 5.69 Å². The molecule has 2 N–H and O–H groups in total. The van der Waals surface area contributed by atoms with Gasteiger partial charge in [-0.05, 0) is 27.2 Å². The lowest BCUT2D eigenvalue weighted by Crippen LogP contribution is -2.02. The van der Waals surface area contributed by atoms with Gasteiger partial charge in [0.15, 0.2) is 0 Å². The van der Waals surface area contributed by atoms with Crippen LogP contribution in [0, 0.1) is 6.92 Å². The third-order valence-corrected chi connectivity index (χ3v) is 2.03. The maximum atomic E-state index is 5.67. The van der Waals surface area contributed by atoms with E-state index in [9.17, 15) is 0 Å². The Morgan fingerprint density at radius 2 is 2.31 bits per heavy atom. The number of allylic oxidation sites excluding steroid dienone is 2. The highest BCUT2D eigenvalue weighted by atomic mass is 15.3. The summed E-state index contributed by atoms with van der Waals surface area (Å²) in [5.41, 5.74) is 8.85. The minimum atomic E-state index is 0.775. The van der Waals surface area contributed by atoms with E-state index in [-0.39, 0.29) is 0 Å². The fourth-order valence-corrected chi connectivity index (χ4v) is 1.16. The van der Waals surface area contributed by atoms with Crippen LogP contribution in [0.15, 0.2) is 17.8 Å². The van der Waals surface area contributed by atoms with Gasteiger partial charge in [0.2, 0.25) is 0 Å². The Kier molecular flexibility index (Phi) is 3.12. The maximum absolute atomic E-state index is 5.67. The molecule has 3 heteroatoms. The summed E-state index contributed by atoms with van der Waals surface area (Å²) in [6, 6.07) is 0. The zero-order valence-electron chi connectivity index (χ0n) is 8.54. The fourth-order valence-electron chi connectivity index (χ4n) is 1.16. The van der Waals surface area contributed by atoms with E-state index in [1.807, 2.05) is 11.6 Å². The first-order valence-electron chi connectivity index (χ1n) is 4.52. The van der Waals surface area contributed by atoms with Crippen molar-refractivity contribution < 1.29 is 0 Å². The van der Waals surface area contributed by atoms with Gasteiger partial charge in [-0.2, -0.15) is 5.10 Å². The molecule has 0 aliphatic heterocycles. The highest BCUT2D eigenvalue weighted by molar-refractivity contribution is 5.39. The van der Waals surface area contributed by atoms with Gasteiger partial charge in [0.1, 0.15) is 0 Å². The number of aromatic nitrogens is 2. The Morgan fingerprint density at radius 1 is 1.62 bits per heavy atom. The second-order valence-corrected chi connectivity index (χ2v) is 3.48. The number of nitrogen functional groups attached to an aromatic ring is 1. The molecule has 3 nitrogen and oxygen atoms in total. The minimum absolute atomic E-state index is 0.775. The third-order valence-electron chi connectivity index (χ3n) is 2.03. The summed E-state index contributed by atoms with van der Waals surface area (Å²) in [7, 11) is 0. The van der Waals surface area contributed by atoms with Gasteiger partial charge in [-0.1, -0.05) is 11.6 Å². The molecule has 0 atom stereocenters. The smallest absolute Gasteiger partial charge is 0.0730 e. The SMILES string of the molecule is CC(C)=CCCn1ncc(N)c1C. The van der Waals surface area contributed by atoms with Gasteiger partial charge in [-0.25, -0.2) is 0 Å². The van der Waals surface area contributed by atoms with Gasteiger partial charge in [-0.15, -0.1) is 0 Å². The molecule has 1 heterocycles. The number of hydrogen-bond acceptors (Lipinski definition) is 2. The van der Waals surface area contributed by atoms with Crippen LogP contribution in [0.5, 0.6) is 0 Å². The number of anilines is 1. The molecule has 0 saturated carbocycles. The molecular formula is C10H17N3. The number of nitrogens with zero attached hydrogens (tertiary/aromatic N) is 2. The van der Waals surface area contributed by atoms with E-state index in [0.29, 0.717) is 0 Å². The van der Waals surface area contributed by atoms with E-state index < -0.39 is 0 Å². The average molecular weight is 179 g/mol. The third kappa shape index (κ3) is 2.61. The molecule has 0 fully saturated rings. The van der Waals surface area contributed by atoms with Crippen molar-refractivity contribution in [2.45, 2.75) is 33.7 Å². The molecule has 0 amide bonds. The molecule has 0 spiro atoms. The van der Waals surface area contributed by atoms with Crippen LogP contribution < -0.4 is 5.73 Å². The van der Waals surface area contributed by atoms with Crippen LogP contribution in [0.1, 0.15) is 26.0 Å². The second-order valence-electron chi connectivity index (χ2n) is 3.48. The van der Waals surface area contributed by atoms with Crippen LogP contribution in [-0.4, -0.2) is 9.78 Å². The maximum Gasteiger partial charge on any atom is 0.0730 e. The van der Waals surface area contributed by atoms with Crippen molar-refractivity contribution in [1.29, 1.82) is 0 Å². The van der Waals surface area contributed by atoms with Crippen LogP contribution in [0.2, 0.25) is 0 Å². The van der Waals surface area contributed by atoms with E-state index in [1.54, 1.807) is 6.20 Å². The number of hydrogen-bond donors (Lipinski definition) is 1. The van der Waals surface area contributed by atoms with Crippen molar-refractivity contribution in [3.63, 3.8) is 0 Å². The molecular weight excluding hydrogens is 162 g/mol. The summed E-state index contributed by atoms with van der Waals surface area (Å²) >= 11 is 0. The largest absolute Gasteiger partial charge is 0.396 e. The summed E-state index contributed by atoms with van der Waals surface area (Å²) in [4.78, 5) is 0. The van der Waals surface area contributed by atoms with Gasteiger partial charge < -0.3 is 5.73 Å². The Bertz CT molecular complexity index is 306. The fraction of sp³-hybridized carbons (Fsp3) is 0.500. The van der Waals surface area contributed by atoms with Gasteiger partial charge in [0.25, 0.3) is 0 Å². The highest BCUT2D eigenvalue weighted by Gasteiger charge is 2.00. The zero-order valence-corrected chi connectivity index (χ0v) is 8.54. The molecule has 0 radical (unpaired) electrons. The second kappa shape index (κ2) is 4.12. The molecule has 0 aliphatic rings. The van der Waals surface area contributed by atoms with E-state index in [0.717, 1.165) is 24.3 Å². The first kappa shape index (κ1) is 9.84. The van der Waals surface area contributed by atoms with Gasteiger partial charge in [0.05, 0.1) is 17.6 Å². The van der Waals surface area contributed by atoms with Crippen molar-refractivity contribution in [1.82, 2.24) is 9.78 Å². The molecule has 1 aromatic heterocycles. The van der Waals surface area contributed by atoms with E-state index in [2.05, 4.69) is 25.0 Å². The van der Waals surface area contributed by atoms with Crippen molar-refractivity contribution in [2.24, 2.45) is 0 Å². The standard InChI is InChI=1S/C10H17N3/c1-8(2)5-4-6-13-9(3)10(11)7-12-13/h5,7H,4,6,11H2,1-3H3. The lowest BCUT2D eigenvalue weighted by atomic mass is 10.2. The topological polar surface area (TPSA) is 43.8 Å². The first-order chi connectivity index (χ1) is 6.11. The van der Waals surface area contributed by atoms with Crippen LogP contribution >= 0.6 is 0 Å². The predicted molar refractivity (Wildman–Crippen MR) is 55.4 cm³/mol. The summed E-state index contributed by atoms with van der Waals surface area (Å²) in [5, 5.41) is 4.17. The summed E-state index contributed by atoms with van der Waals surface area (Å²) in [5.74, 6) is 0. The molecule has 0 saturated heterocycles. The number of nitrogens with two attached hydrogens (primary N) is 1. The molecule has 1 aromatic rings. The van der Waals surface area contributed by atoms with Gasteiger partial charge >= 0.3 is 0 Å².